The standard InChI is InChI=1S/C38H56N10O21P3S/c1-3-40-33(54)23(16-30(52)53)43-35(56)25-10-7-14-47(25)37(58)22(8-4-5-12-41-20(2)49)42-34(55)24-9-6-13-46(24)29(51)11-15-73-48-18-21(31-32(48)36(57)45-38(39)44-31)27-17-26(50)28(67-27)19-66-71(62,63)69-72(64,65)68-70(59,60)61/h1,3,18,22-28,50H,4-17,19H2,2H3,(H,40,54)(H,41,49)(H,42,55)(H,43,56)(H,52,53)(H,62,63)(H,64,65)(H2,59,60,61)(H3,39,44,45,57)/t22?,23?,24?,25?,26?,27-,28-/m1/s1. The van der Waals surface area contributed by atoms with Gasteiger partial charge in [0, 0.05) is 56.9 Å². The Bertz CT molecular complexity index is 2600. The molecule has 2 aromatic rings. The number of aromatic nitrogens is 3. The predicted octanol–water partition coefficient (Wildman–Crippen LogP) is -1.55. The lowest BCUT2D eigenvalue weighted by atomic mass is 10.1. The molecule has 35 heteroatoms. The van der Waals surface area contributed by atoms with Gasteiger partial charge in [-0.05, 0) is 63.8 Å². The molecule has 3 fully saturated rings. The number of carboxylic acid groups (broad SMARTS) is 1. The number of nitrogens with zero attached hydrogens (tertiary/aromatic N) is 4. The Morgan fingerprint density at radius 2 is 1.63 bits per heavy atom. The number of hydrogen-bond donors (Lipinski definition) is 12. The van der Waals surface area contributed by atoms with Crippen LogP contribution in [0.3, 0.4) is 0 Å². The molecule has 0 spiro atoms. The molecule has 0 saturated carbocycles. The molecule has 0 bridgehead atoms. The summed E-state index contributed by atoms with van der Waals surface area (Å²) in [5.41, 5.74) is 5.30. The first-order valence-electron chi connectivity index (χ1n) is 22.4. The smallest absolute Gasteiger partial charge is 0.481 e. The van der Waals surface area contributed by atoms with Gasteiger partial charge in [0.2, 0.25) is 41.4 Å². The maximum atomic E-state index is 14.2. The van der Waals surface area contributed by atoms with Crippen molar-refractivity contribution >= 4 is 93.8 Å². The van der Waals surface area contributed by atoms with E-state index in [0.29, 0.717) is 25.7 Å². The Morgan fingerprint density at radius 3 is 2.26 bits per heavy atom. The number of carbonyl (C=O) groups is 7. The first kappa shape index (κ1) is 59.1. The average Bonchev–Trinajstić information content (AvgIpc) is 4.09. The summed E-state index contributed by atoms with van der Waals surface area (Å²) in [5, 5.41) is 30.0. The molecule has 13 N–H and O–H groups in total. The van der Waals surface area contributed by atoms with Crippen LogP contribution in [0, 0.1) is 13.5 Å². The number of aliphatic carboxylic acids is 1. The summed E-state index contributed by atoms with van der Waals surface area (Å²) in [6.45, 7) is 6.95. The largest absolute Gasteiger partial charge is 0.490 e. The van der Waals surface area contributed by atoms with Crippen LogP contribution in [0.4, 0.5) is 5.95 Å². The molecule has 3 saturated heterocycles. The maximum absolute atomic E-state index is 14.2. The van der Waals surface area contributed by atoms with Crippen molar-refractivity contribution < 1.29 is 94.9 Å². The fourth-order valence-electron chi connectivity index (χ4n) is 8.34. The summed E-state index contributed by atoms with van der Waals surface area (Å²) in [6, 6.07) is -4.86. The van der Waals surface area contributed by atoms with Gasteiger partial charge in [0.15, 0.2) is 0 Å². The third kappa shape index (κ3) is 16.8. The zero-order valence-corrected chi connectivity index (χ0v) is 42.3. The normalized spacial score (nSPS) is 22.5. The van der Waals surface area contributed by atoms with Gasteiger partial charge in [-0.1, -0.05) is 0 Å². The monoisotopic (exact) mass is 1110 g/mol. The lowest BCUT2D eigenvalue weighted by molar-refractivity contribution is -0.144. The van der Waals surface area contributed by atoms with Crippen LogP contribution < -0.4 is 32.6 Å². The fraction of sp³-hybridized carbons (Fsp3) is 0.605. The lowest BCUT2D eigenvalue weighted by Gasteiger charge is -2.31. The van der Waals surface area contributed by atoms with E-state index in [4.69, 9.17) is 27.2 Å². The lowest BCUT2D eigenvalue weighted by Crippen LogP contribution is -2.57. The molecule has 73 heavy (non-hydrogen) atoms. The van der Waals surface area contributed by atoms with Gasteiger partial charge >= 0.3 is 29.4 Å². The number of aromatic amines is 1. The number of H-pyrrole nitrogens is 1. The molecular formula is C38H56N10O21P3S. The number of likely N-dealkylation sites (tertiary alicyclic amines) is 2. The maximum Gasteiger partial charge on any atom is 0.490 e. The second-order valence-electron chi connectivity index (χ2n) is 16.8. The van der Waals surface area contributed by atoms with Crippen molar-refractivity contribution in [1.29, 1.82) is 0 Å². The summed E-state index contributed by atoms with van der Waals surface area (Å²) in [7, 11) is -17.1. The molecule has 0 aromatic carbocycles. The van der Waals surface area contributed by atoms with E-state index in [1.165, 1.54) is 26.9 Å². The second-order valence-corrected chi connectivity index (χ2v) is 22.3. The molecule has 5 rings (SSSR count). The zero-order valence-electron chi connectivity index (χ0n) is 38.8. The van der Waals surface area contributed by atoms with E-state index >= 15 is 0 Å². The minimum Gasteiger partial charge on any atom is -0.481 e. The molecule has 6 amide bonds. The number of anilines is 1. The van der Waals surface area contributed by atoms with Crippen LogP contribution in [0.1, 0.15) is 82.8 Å². The number of unbranched alkanes of at least 4 members (excludes halogenated alkanes) is 1. The van der Waals surface area contributed by atoms with Gasteiger partial charge in [0.1, 0.15) is 41.3 Å². The fourth-order valence-corrected chi connectivity index (χ4v) is 12.3. The SMILES string of the molecule is [CH][CH]NC(=O)C(CC(=O)O)NC(=O)C1CCCN1C(=O)C(CCCCNC(C)=O)NC(=O)C1CCCN1C(=O)CCSn1cc([C@H]2CC(O)[C@@H](COP(=O)(O)OP(=O)(O)OP(=O)(O)O)O2)c2nc(N)[nH]c(=O)c21. The third-order valence-corrected chi connectivity index (χ3v) is 16.2. The van der Waals surface area contributed by atoms with Gasteiger partial charge in [0.05, 0.1) is 31.8 Å². The van der Waals surface area contributed by atoms with Crippen molar-refractivity contribution in [2.45, 2.75) is 114 Å². The second kappa shape index (κ2) is 25.6. The van der Waals surface area contributed by atoms with Crippen molar-refractivity contribution in [2.24, 2.45) is 0 Å². The Morgan fingerprint density at radius 1 is 0.986 bits per heavy atom. The van der Waals surface area contributed by atoms with Gasteiger partial charge in [-0.15, -0.1) is 0 Å². The first-order valence-corrected chi connectivity index (χ1v) is 27.8. The molecule has 7 unspecified atom stereocenters. The topological polar surface area (TPSA) is 460 Å². The molecule has 3 aliphatic heterocycles. The summed E-state index contributed by atoms with van der Waals surface area (Å²) >= 11 is 0.980. The quantitative estimate of drug-likeness (QED) is 0.0375. The molecule has 0 aliphatic carbocycles. The zero-order chi connectivity index (χ0) is 54.0. The molecule has 31 nitrogen and oxygen atoms in total. The highest BCUT2D eigenvalue weighted by Crippen LogP contribution is 2.66. The van der Waals surface area contributed by atoms with Gasteiger partial charge in [0.25, 0.3) is 5.56 Å². The number of ether oxygens (including phenoxy) is 1. The summed E-state index contributed by atoms with van der Waals surface area (Å²) in [4.78, 5) is 150. The van der Waals surface area contributed by atoms with Gasteiger partial charge in [-0.25, -0.2) is 18.7 Å². The highest BCUT2D eigenvalue weighted by atomic mass is 32.2. The third-order valence-electron chi connectivity index (χ3n) is 11.5. The molecule has 2 aromatic heterocycles. The number of carboxylic acids is 1. The number of aliphatic hydroxyl groups excluding tert-OH is 1. The van der Waals surface area contributed by atoms with Crippen LogP contribution >= 0.6 is 35.4 Å². The molecular weight excluding hydrogens is 1060 g/mol. The first-order chi connectivity index (χ1) is 34.2. The Balaban J connectivity index is 1.24. The van der Waals surface area contributed by atoms with Crippen LogP contribution in [0.25, 0.3) is 11.0 Å². The van der Waals surface area contributed by atoms with Gasteiger partial charge < -0.3 is 71.3 Å². The molecule has 5 heterocycles. The van der Waals surface area contributed by atoms with Crippen LogP contribution in [0.15, 0.2) is 11.0 Å². The van der Waals surface area contributed by atoms with Crippen molar-refractivity contribution in [3.63, 3.8) is 0 Å². The number of nitrogen functional groups attached to an aromatic ring is 1. The van der Waals surface area contributed by atoms with E-state index in [-0.39, 0.29) is 85.9 Å². The summed E-state index contributed by atoms with van der Waals surface area (Å²) < 4.78 is 54.2. The van der Waals surface area contributed by atoms with Gasteiger partial charge in [-0.3, -0.25) is 51.8 Å². The van der Waals surface area contributed by atoms with Gasteiger partial charge in [-0.2, -0.15) is 8.62 Å². The number of phosphoric acid groups is 3. The minimum atomic E-state index is -5.83. The highest BCUT2D eigenvalue weighted by Gasteiger charge is 2.44. The van der Waals surface area contributed by atoms with E-state index in [1.807, 2.05) is 0 Å². The number of phosphoric ester groups is 1. The number of amides is 6. The van der Waals surface area contributed by atoms with E-state index in [9.17, 15) is 72.1 Å². The number of aliphatic hydroxyl groups is 1. The minimum absolute atomic E-state index is 0.0123. The number of fused-ring (bicyclic) bond motifs is 1. The molecule has 405 valence electrons. The number of nitrogens with two attached hydrogens (primary N) is 1. The van der Waals surface area contributed by atoms with E-state index < -0.39 is 120 Å². The van der Waals surface area contributed by atoms with Crippen LogP contribution in [-0.2, 0) is 65.1 Å². The van der Waals surface area contributed by atoms with Crippen LogP contribution in [0.2, 0.25) is 0 Å². The summed E-state index contributed by atoms with van der Waals surface area (Å²) in [6.07, 6.45) is -1.66. The van der Waals surface area contributed by atoms with Crippen molar-refractivity contribution in [3.05, 3.63) is 35.6 Å². The van der Waals surface area contributed by atoms with Crippen LogP contribution in [0.5, 0.6) is 0 Å². The Labute approximate surface area is 419 Å². The Kier molecular flexibility index (Phi) is 20.7. The molecule has 3 radical (unpaired) electrons. The summed E-state index contributed by atoms with van der Waals surface area (Å²) in [5.74, 6) is -5.37. The van der Waals surface area contributed by atoms with E-state index in [1.54, 1.807) is 0 Å². The molecule has 3 aliphatic rings. The predicted molar refractivity (Wildman–Crippen MR) is 250 cm³/mol. The molecule has 9 atom stereocenters. The van der Waals surface area contributed by atoms with Crippen LogP contribution in [-0.4, -0.2) is 163 Å². The number of rotatable bonds is 26. The number of hydrogen-bond acceptors (Lipinski definition) is 19. The number of nitrogens with one attached hydrogen (secondary N) is 5. The average molecular weight is 1110 g/mol. The Hall–Kier alpha value is -4.81. The van der Waals surface area contributed by atoms with Crippen molar-refractivity contribution in [2.75, 3.05) is 37.7 Å². The number of carbonyl (C=O) groups excluding carboxylic acids is 6. The van der Waals surface area contributed by atoms with E-state index in [0.717, 1.165) is 18.5 Å². The highest BCUT2D eigenvalue weighted by molar-refractivity contribution is 7.98. The van der Waals surface area contributed by atoms with Crippen molar-refractivity contribution in [3.8, 4) is 0 Å². The van der Waals surface area contributed by atoms with Crippen molar-refractivity contribution in [1.82, 2.24) is 45.0 Å². The van der Waals surface area contributed by atoms with E-state index in [2.05, 4.69) is 44.4 Å².